The summed E-state index contributed by atoms with van der Waals surface area (Å²) in [7, 11) is 0. The first-order valence-corrected chi connectivity index (χ1v) is 5.83. The Morgan fingerprint density at radius 3 is 2.44 bits per heavy atom. The van der Waals surface area contributed by atoms with E-state index in [1.54, 1.807) is 0 Å². The Kier molecular flexibility index (Phi) is 5.90. The van der Waals surface area contributed by atoms with E-state index in [-0.39, 0.29) is 6.04 Å². The molecule has 0 unspecified atom stereocenters. The lowest BCUT2D eigenvalue weighted by molar-refractivity contribution is -0.139. The van der Waals surface area contributed by atoms with E-state index in [0.29, 0.717) is 5.88 Å². The molecule has 2 N–H and O–H groups in total. The Bertz CT molecular complexity index is 310. The third kappa shape index (κ3) is 4.64. The fraction of sp³-hybridized carbons (Fsp3) is 0.417. The van der Waals surface area contributed by atoms with Crippen molar-refractivity contribution in [2.75, 3.05) is 6.54 Å². The van der Waals surface area contributed by atoms with Gasteiger partial charge in [0.05, 0.1) is 0 Å². The highest BCUT2D eigenvalue weighted by Crippen LogP contribution is 2.03. The molecule has 0 aliphatic carbocycles. The molecule has 1 aliphatic heterocycles. The molecule has 0 spiro atoms. The van der Waals surface area contributed by atoms with Crippen molar-refractivity contribution < 1.29 is 9.90 Å². The number of carboxylic acid groups (broad SMARTS) is 1. The largest absolute Gasteiger partial charge is 0.480 e. The molecule has 0 radical (unpaired) electrons. The number of carboxylic acids is 1. The lowest BCUT2D eigenvalue weighted by Crippen LogP contribution is -2.29. The monoisotopic (exact) mass is 241 g/mol. The summed E-state index contributed by atoms with van der Waals surface area (Å²) < 4.78 is 0. The minimum absolute atomic E-state index is 0.269. The van der Waals surface area contributed by atoms with Gasteiger partial charge in [-0.05, 0) is 24.9 Å². The van der Waals surface area contributed by atoms with Crippen LogP contribution in [0.2, 0.25) is 0 Å². The Morgan fingerprint density at radius 2 is 2.12 bits per heavy atom. The molecule has 0 aromatic heterocycles. The lowest BCUT2D eigenvalue weighted by atomic mass is 10.2. The minimum atomic E-state index is -0.720. The third-order valence-electron chi connectivity index (χ3n) is 2.36. The van der Waals surface area contributed by atoms with Gasteiger partial charge in [-0.1, -0.05) is 30.3 Å². The van der Waals surface area contributed by atoms with Crippen LogP contribution in [0.15, 0.2) is 30.3 Å². The first-order chi connectivity index (χ1) is 7.74. The average Bonchev–Trinajstić information content (AvgIpc) is 2.85. The van der Waals surface area contributed by atoms with E-state index in [1.807, 2.05) is 30.3 Å². The molecule has 1 heterocycles. The van der Waals surface area contributed by atoms with Crippen LogP contribution in [0, 0.1) is 0 Å². The van der Waals surface area contributed by atoms with Gasteiger partial charge in [-0.25, -0.2) is 0 Å². The Morgan fingerprint density at radius 1 is 1.44 bits per heavy atom. The lowest BCUT2D eigenvalue weighted by Gasteiger charge is -1.99. The summed E-state index contributed by atoms with van der Waals surface area (Å²) in [6, 6.07) is 9.70. The number of carbonyl (C=O) groups is 1. The van der Waals surface area contributed by atoms with Crippen molar-refractivity contribution in [3.63, 3.8) is 0 Å². The SMILES string of the molecule is ClCc1ccccc1.O=C(O)[C@@H]1CCCN1. The van der Waals surface area contributed by atoms with Crippen LogP contribution in [0.4, 0.5) is 0 Å². The first kappa shape index (κ1) is 13.0. The van der Waals surface area contributed by atoms with Crippen LogP contribution in [0.25, 0.3) is 0 Å². The highest BCUT2D eigenvalue weighted by atomic mass is 35.5. The second-order valence-corrected chi connectivity index (χ2v) is 3.87. The maximum absolute atomic E-state index is 10.1. The summed E-state index contributed by atoms with van der Waals surface area (Å²) in [6.07, 6.45) is 1.78. The maximum atomic E-state index is 10.1. The minimum Gasteiger partial charge on any atom is -0.480 e. The Hall–Kier alpha value is -1.06. The van der Waals surface area contributed by atoms with E-state index in [1.165, 1.54) is 5.56 Å². The van der Waals surface area contributed by atoms with Crippen LogP contribution in [-0.2, 0) is 10.7 Å². The normalized spacial score (nSPS) is 18.7. The van der Waals surface area contributed by atoms with Crippen molar-refractivity contribution in [1.82, 2.24) is 5.32 Å². The second-order valence-electron chi connectivity index (χ2n) is 3.61. The van der Waals surface area contributed by atoms with Crippen LogP contribution in [0.1, 0.15) is 18.4 Å². The molecule has 0 saturated carbocycles. The summed E-state index contributed by atoms with van der Waals surface area (Å²) in [6.45, 7) is 0.858. The van der Waals surface area contributed by atoms with Gasteiger partial charge in [0, 0.05) is 5.88 Å². The zero-order chi connectivity index (χ0) is 11.8. The van der Waals surface area contributed by atoms with Gasteiger partial charge in [-0.2, -0.15) is 0 Å². The summed E-state index contributed by atoms with van der Waals surface area (Å²) in [5.74, 6) is -0.108. The summed E-state index contributed by atoms with van der Waals surface area (Å²) in [5.41, 5.74) is 1.18. The molecular weight excluding hydrogens is 226 g/mol. The van der Waals surface area contributed by atoms with Crippen LogP contribution in [0.5, 0.6) is 0 Å². The maximum Gasteiger partial charge on any atom is 0.320 e. The molecule has 0 bridgehead atoms. The molecule has 16 heavy (non-hydrogen) atoms. The summed E-state index contributed by atoms with van der Waals surface area (Å²) in [5, 5.41) is 11.2. The molecule has 0 amide bonds. The zero-order valence-corrected chi connectivity index (χ0v) is 9.78. The Balaban J connectivity index is 0.000000160. The molecule has 3 nitrogen and oxygen atoms in total. The number of benzene rings is 1. The van der Waals surface area contributed by atoms with Crippen molar-refractivity contribution >= 4 is 17.6 Å². The highest BCUT2D eigenvalue weighted by molar-refractivity contribution is 6.17. The molecule has 4 heteroatoms. The average molecular weight is 242 g/mol. The predicted molar refractivity (Wildman–Crippen MR) is 64.7 cm³/mol. The molecular formula is C12H16ClNO2. The van der Waals surface area contributed by atoms with Gasteiger partial charge in [0.1, 0.15) is 6.04 Å². The first-order valence-electron chi connectivity index (χ1n) is 5.30. The van der Waals surface area contributed by atoms with Crippen LogP contribution in [0.3, 0.4) is 0 Å². The fourth-order valence-electron chi connectivity index (χ4n) is 1.46. The third-order valence-corrected chi connectivity index (χ3v) is 2.66. The molecule has 1 aromatic carbocycles. The standard InChI is InChI=1S/C7H7Cl.C5H9NO2/c8-6-7-4-2-1-3-5-7;7-5(8)4-2-1-3-6-4/h1-5H,6H2;4,6H,1-3H2,(H,7,8)/t;4-/m.0/s1. The van der Waals surface area contributed by atoms with E-state index in [4.69, 9.17) is 16.7 Å². The number of aliphatic carboxylic acids is 1. The molecule has 1 atom stereocenters. The number of nitrogens with one attached hydrogen (secondary N) is 1. The second kappa shape index (κ2) is 7.25. The molecule has 1 aliphatic rings. The fourth-order valence-corrected chi connectivity index (χ4v) is 1.64. The van der Waals surface area contributed by atoms with Crippen molar-refractivity contribution in [2.45, 2.75) is 24.8 Å². The summed E-state index contributed by atoms with van der Waals surface area (Å²) in [4.78, 5) is 10.1. The van der Waals surface area contributed by atoms with E-state index in [9.17, 15) is 4.79 Å². The van der Waals surface area contributed by atoms with Gasteiger partial charge in [-0.15, -0.1) is 11.6 Å². The quantitative estimate of drug-likeness (QED) is 0.781. The van der Waals surface area contributed by atoms with E-state index < -0.39 is 5.97 Å². The van der Waals surface area contributed by atoms with Gasteiger partial charge in [-0.3, -0.25) is 4.79 Å². The number of hydrogen-bond donors (Lipinski definition) is 2. The van der Waals surface area contributed by atoms with Crippen molar-refractivity contribution in [3.8, 4) is 0 Å². The van der Waals surface area contributed by atoms with Crippen molar-refractivity contribution in [3.05, 3.63) is 35.9 Å². The highest BCUT2D eigenvalue weighted by Gasteiger charge is 2.20. The summed E-state index contributed by atoms with van der Waals surface area (Å²) >= 11 is 5.53. The zero-order valence-electron chi connectivity index (χ0n) is 9.03. The van der Waals surface area contributed by atoms with Gasteiger partial charge in [0.25, 0.3) is 0 Å². The molecule has 1 fully saturated rings. The van der Waals surface area contributed by atoms with Crippen molar-refractivity contribution in [1.29, 1.82) is 0 Å². The molecule has 1 aromatic rings. The smallest absolute Gasteiger partial charge is 0.320 e. The number of alkyl halides is 1. The number of halogens is 1. The van der Waals surface area contributed by atoms with Crippen LogP contribution in [-0.4, -0.2) is 23.7 Å². The predicted octanol–water partition coefficient (Wildman–Crippen LogP) is 2.25. The van der Waals surface area contributed by atoms with Gasteiger partial charge in [0.2, 0.25) is 0 Å². The van der Waals surface area contributed by atoms with E-state index in [0.717, 1.165) is 19.4 Å². The Labute approximate surface area is 100 Å². The van der Waals surface area contributed by atoms with Gasteiger partial charge >= 0.3 is 5.97 Å². The number of hydrogen-bond acceptors (Lipinski definition) is 2. The van der Waals surface area contributed by atoms with E-state index >= 15 is 0 Å². The molecule has 1 saturated heterocycles. The molecule has 2 rings (SSSR count). The van der Waals surface area contributed by atoms with Crippen LogP contribution >= 0.6 is 11.6 Å². The van der Waals surface area contributed by atoms with Gasteiger partial charge < -0.3 is 10.4 Å². The molecule has 88 valence electrons. The number of rotatable bonds is 2. The topological polar surface area (TPSA) is 49.3 Å². The van der Waals surface area contributed by atoms with E-state index in [2.05, 4.69) is 5.32 Å². The van der Waals surface area contributed by atoms with Gasteiger partial charge in [0.15, 0.2) is 0 Å². The van der Waals surface area contributed by atoms with Crippen molar-refractivity contribution in [2.24, 2.45) is 0 Å². The van der Waals surface area contributed by atoms with Crippen LogP contribution < -0.4 is 5.32 Å².